The first-order valence-corrected chi connectivity index (χ1v) is 7.77. The molecule has 0 radical (unpaired) electrons. The number of hydrogen-bond donors (Lipinski definition) is 1. The Balaban J connectivity index is 1.65. The number of carbonyl (C=O) groups is 1. The van der Waals surface area contributed by atoms with Crippen LogP contribution in [0.25, 0.3) is 5.52 Å². The Morgan fingerprint density at radius 1 is 1.30 bits per heavy atom. The normalized spacial score (nSPS) is 17.2. The van der Waals surface area contributed by atoms with Crippen LogP contribution in [0.15, 0.2) is 24.7 Å². The number of hydrogen-bond acceptors (Lipinski definition) is 4. The van der Waals surface area contributed by atoms with E-state index in [1.165, 1.54) is 0 Å². The van der Waals surface area contributed by atoms with Gasteiger partial charge in [0, 0.05) is 12.2 Å². The Morgan fingerprint density at radius 3 is 3.04 bits per heavy atom. The molecule has 23 heavy (non-hydrogen) atoms. The molecular formula is C16H18N6O. The molecule has 1 amide bonds. The second-order valence-electron chi connectivity index (χ2n) is 5.97. The van der Waals surface area contributed by atoms with Crippen molar-refractivity contribution in [2.24, 2.45) is 0 Å². The molecule has 0 spiro atoms. The molecule has 7 nitrogen and oxygen atoms in total. The molecule has 7 heteroatoms. The van der Waals surface area contributed by atoms with Crippen molar-refractivity contribution in [3.63, 3.8) is 0 Å². The van der Waals surface area contributed by atoms with Gasteiger partial charge in [0.15, 0.2) is 0 Å². The number of aryl methyl sites for hydroxylation is 3. The van der Waals surface area contributed by atoms with Crippen molar-refractivity contribution < 1.29 is 4.79 Å². The van der Waals surface area contributed by atoms with E-state index in [2.05, 4.69) is 20.5 Å². The molecule has 1 unspecified atom stereocenters. The standard InChI is InChI=1S/C16H18N6O/c1-10-5-6-14-12(8-18-22(14)11(10)2)16(23)20-13-4-3-7-21-15(13)17-9-19-21/h5-6,8-9,13H,3-4,7H2,1-2H3,(H,20,23). The Hall–Kier alpha value is -2.70. The van der Waals surface area contributed by atoms with Crippen LogP contribution >= 0.6 is 0 Å². The third-order valence-corrected chi connectivity index (χ3v) is 4.56. The third-order valence-electron chi connectivity index (χ3n) is 4.56. The van der Waals surface area contributed by atoms with E-state index in [4.69, 9.17) is 0 Å². The van der Waals surface area contributed by atoms with Gasteiger partial charge in [0.1, 0.15) is 12.2 Å². The Morgan fingerprint density at radius 2 is 2.17 bits per heavy atom. The zero-order chi connectivity index (χ0) is 16.0. The van der Waals surface area contributed by atoms with E-state index < -0.39 is 0 Å². The molecule has 3 aromatic rings. The van der Waals surface area contributed by atoms with E-state index in [-0.39, 0.29) is 11.9 Å². The van der Waals surface area contributed by atoms with Crippen LogP contribution in [-0.4, -0.2) is 30.3 Å². The highest BCUT2D eigenvalue weighted by Gasteiger charge is 2.25. The molecule has 1 aliphatic rings. The van der Waals surface area contributed by atoms with Gasteiger partial charge in [0.2, 0.25) is 0 Å². The monoisotopic (exact) mass is 310 g/mol. The van der Waals surface area contributed by atoms with E-state index in [1.807, 2.05) is 35.2 Å². The van der Waals surface area contributed by atoms with Crippen LogP contribution in [0.2, 0.25) is 0 Å². The molecule has 1 aliphatic heterocycles. The van der Waals surface area contributed by atoms with Crippen molar-refractivity contribution in [3.8, 4) is 0 Å². The lowest BCUT2D eigenvalue weighted by molar-refractivity contribution is 0.0929. The van der Waals surface area contributed by atoms with Gasteiger partial charge in [-0.05, 0) is 38.3 Å². The van der Waals surface area contributed by atoms with E-state index in [0.717, 1.165) is 42.0 Å². The summed E-state index contributed by atoms with van der Waals surface area (Å²) < 4.78 is 3.67. The molecule has 0 aliphatic carbocycles. The van der Waals surface area contributed by atoms with Crippen molar-refractivity contribution in [2.45, 2.75) is 39.3 Å². The zero-order valence-electron chi connectivity index (χ0n) is 13.2. The molecule has 1 atom stereocenters. The number of fused-ring (bicyclic) bond motifs is 2. The average Bonchev–Trinajstić information content (AvgIpc) is 3.18. The summed E-state index contributed by atoms with van der Waals surface area (Å²) in [5.74, 6) is 0.706. The minimum absolute atomic E-state index is 0.0970. The second kappa shape index (κ2) is 5.19. The van der Waals surface area contributed by atoms with Crippen molar-refractivity contribution >= 4 is 11.4 Å². The molecule has 0 saturated heterocycles. The fourth-order valence-electron chi connectivity index (χ4n) is 3.11. The van der Waals surface area contributed by atoms with E-state index in [0.29, 0.717) is 5.56 Å². The maximum Gasteiger partial charge on any atom is 0.255 e. The third kappa shape index (κ3) is 2.19. The highest BCUT2D eigenvalue weighted by molar-refractivity contribution is 6.00. The quantitative estimate of drug-likeness (QED) is 0.783. The van der Waals surface area contributed by atoms with Crippen LogP contribution in [0.1, 0.15) is 46.3 Å². The van der Waals surface area contributed by atoms with Gasteiger partial charge < -0.3 is 5.32 Å². The molecule has 3 aromatic heterocycles. The van der Waals surface area contributed by atoms with Gasteiger partial charge in [-0.25, -0.2) is 14.2 Å². The fraction of sp³-hybridized carbons (Fsp3) is 0.375. The van der Waals surface area contributed by atoms with Crippen LogP contribution in [0.4, 0.5) is 0 Å². The first-order valence-electron chi connectivity index (χ1n) is 7.77. The Labute approximate surface area is 133 Å². The number of nitrogens with zero attached hydrogens (tertiary/aromatic N) is 5. The maximum absolute atomic E-state index is 12.7. The zero-order valence-corrected chi connectivity index (χ0v) is 13.2. The number of aromatic nitrogens is 5. The molecular weight excluding hydrogens is 292 g/mol. The molecule has 4 rings (SSSR count). The number of carbonyl (C=O) groups excluding carboxylic acids is 1. The minimum atomic E-state index is -0.121. The predicted octanol–water partition coefficient (Wildman–Crippen LogP) is 1.81. The van der Waals surface area contributed by atoms with Gasteiger partial charge in [0.25, 0.3) is 5.91 Å². The van der Waals surface area contributed by atoms with Gasteiger partial charge in [-0.15, -0.1) is 0 Å². The lowest BCUT2D eigenvalue weighted by atomic mass is 10.1. The summed E-state index contributed by atoms with van der Waals surface area (Å²) in [7, 11) is 0. The molecule has 0 fully saturated rings. The highest BCUT2D eigenvalue weighted by Crippen LogP contribution is 2.23. The molecule has 0 aromatic carbocycles. The molecule has 0 saturated carbocycles. The van der Waals surface area contributed by atoms with Gasteiger partial charge in [0.05, 0.1) is 23.3 Å². The molecule has 1 N–H and O–H groups in total. The highest BCUT2D eigenvalue weighted by atomic mass is 16.1. The number of rotatable bonds is 2. The smallest absolute Gasteiger partial charge is 0.255 e. The van der Waals surface area contributed by atoms with Gasteiger partial charge in [-0.2, -0.15) is 10.2 Å². The van der Waals surface area contributed by atoms with Crippen LogP contribution in [0.3, 0.4) is 0 Å². The van der Waals surface area contributed by atoms with E-state index >= 15 is 0 Å². The van der Waals surface area contributed by atoms with E-state index in [9.17, 15) is 4.79 Å². The Kier molecular flexibility index (Phi) is 3.14. The number of pyridine rings is 1. The van der Waals surface area contributed by atoms with Crippen LogP contribution in [0, 0.1) is 13.8 Å². The predicted molar refractivity (Wildman–Crippen MR) is 84.1 cm³/mol. The lowest BCUT2D eigenvalue weighted by Crippen LogP contribution is -2.33. The van der Waals surface area contributed by atoms with E-state index in [1.54, 1.807) is 12.5 Å². The average molecular weight is 310 g/mol. The van der Waals surface area contributed by atoms with Gasteiger partial charge in [-0.1, -0.05) is 6.07 Å². The van der Waals surface area contributed by atoms with Gasteiger partial charge >= 0.3 is 0 Å². The van der Waals surface area contributed by atoms with Crippen molar-refractivity contribution in [2.75, 3.05) is 0 Å². The molecule has 0 bridgehead atoms. The lowest BCUT2D eigenvalue weighted by Gasteiger charge is -2.22. The number of nitrogens with one attached hydrogen (secondary N) is 1. The summed E-state index contributed by atoms with van der Waals surface area (Å²) in [5.41, 5.74) is 3.60. The van der Waals surface area contributed by atoms with Gasteiger partial charge in [-0.3, -0.25) is 4.79 Å². The van der Waals surface area contributed by atoms with Crippen molar-refractivity contribution in [3.05, 3.63) is 47.3 Å². The summed E-state index contributed by atoms with van der Waals surface area (Å²) in [5, 5.41) is 11.6. The summed E-state index contributed by atoms with van der Waals surface area (Å²) in [6.07, 6.45) is 5.03. The maximum atomic E-state index is 12.7. The topological polar surface area (TPSA) is 77.1 Å². The Bertz CT molecular complexity index is 893. The van der Waals surface area contributed by atoms with Crippen molar-refractivity contribution in [1.29, 1.82) is 0 Å². The van der Waals surface area contributed by atoms with Crippen molar-refractivity contribution in [1.82, 2.24) is 29.7 Å². The second-order valence-corrected chi connectivity index (χ2v) is 5.97. The molecule has 118 valence electrons. The number of amides is 1. The summed E-state index contributed by atoms with van der Waals surface area (Å²) in [4.78, 5) is 17.0. The fourth-order valence-corrected chi connectivity index (χ4v) is 3.11. The SMILES string of the molecule is Cc1ccc2c(C(=O)NC3CCCn4ncnc43)cnn2c1C. The molecule has 4 heterocycles. The summed E-state index contributed by atoms with van der Waals surface area (Å²) in [6.45, 7) is 4.89. The summed E-state index contributed by atoms with van der Waals surface area (Å²) >= 11 is 0. The first kappa shape index (κ1) is 13.9. The van der Waals surface area contributed by atoms with Crippen LogP contribution in [-0.2, 0) is 6.54 Å². The van der Waals surface area contributed by atoms with Crippen LogP contribution < -0.4 is 5.32 Å². The van der Waals surface area contributed by atoms with Crippen LogP contribution in [0.5, 0.6) is 0 Å². The summed E-state index contributed by atoms with van der Waals surface area (Å²) in [6, 6.07) is 3.86. The minimum Gasteiger partial charge on any atom is -0.342 e. The largest absolute Gasteiger partial charge is 0.342 e. The first-order chi connectivity index (χ1) is 11.1.